The van der Waals surface area contributed by atoms with Crippen LogP contribution in [0.1, 0.15) is 82.1 Å². The number of H-pyrrole nitrogens is 1. The van der Waals surface area contributed by atoms with Gasteiger partial charge in [0.25, 0.3) is 5.91 Å². The van der Waals surface area contributed by atoms with Crippen molar-refractivity contribution in [3.05, 3.63) is 57.9 Å². The number of esters is 1. The molecule has 6 nitrogen and oxygen atoms in total. The second kappa shape index (κ2) is 10.4. The Kier molecular flexibility index (Phi) is 8.20. The maximum Gasteiger partial charge on any atom is 0.355 e. The first-order valence-electron chi connectivity index (χ1n) is 10.9. The SMILES string of the molecule is CCOC(=O)c1[nH]c(C)c(C(=O)[C@H](C)N(CCC(C)C)C(=O)c2ccc(C)cc2)c1C. The number of carbonyl (C=O) groups is 3. The van der Waals surface area contributed by atoms with Crippen LogP contribution in [0.4, 0.5) is 0 Å². The summed E-state index contributed by atoms with van der Waals surface area (Å²) in [5, 5.41) is 0. The first-order chi connectivity index (χ1) is 14.6. The molecule has 0 radical (unpaired) electrons. The van der Waals surface area contributed by atoms with Gasteiger partial charge in [0.1, 0.15) is 5.69 Å². The molecule has 1 N–H and O–H groups in total. The van der Waals surface area contributed by atoms with E-state index in [4.69, 9.17) is 4.74 Å². The average Bonchev–Trinajstić information content (AvgIpc) is 3.01. The normalized spacial score (nSPS) is 12.0. The van der Waals surface area contributed by atoms with Gasteiger partial charge in [0.15, 0.2) is 5.78 Å². The Hall–Kier alpha value is -2.89. The molecular weight excluding hydrogens is 392 g/mol. The highest BCUT2D eigenvalue weighted by atomic mass is 16.5. The minimum Gasteiger partial charge on any atom is -0.461 e. The van der Waals surface area contributed by atoms with Crippen molar-refractivity contribution in [2.24, 2.45) is 5.92 Å². The van der Waals surface area contributed by atoms with Crippen LogP contribution in [0.2, 0.25) is 0 Å². The quantitative estimate of drug-likeness (QED) is 0.458. The molecule has 0 saturated heterocycles. The van der Waals surface area contributed by atoms with Crippen LogP contribution < -0.4 is 0 Å². The van der Waals surface area contributed by atoms with E-state index in [0.29, 0.717) is 34.8 Å². The van der Waals surface area contributed by atoms with Gasteiger partial charge < -0.3 is 14.6 Å². The van der Waals surface area contributed by atoms with Gasteiger partial charge in [0.05, 0.1) is 12.6 Å². The van der Waals surface area contributed by atoms with E-state index >= 15 is 0 Å². The number of ketones is 1. The van der Waals surface area contributed by atoms with Gasteiger partial charge >= 0.3 is 5.97 Å². The largest absolute Gasteiger partial charge is 0.461 e. The maximum absolute atomic E-state index is 13.5. The van der Waals surface area contributed by atoms with Crippen LogP contribution in [-0.4, -0.2) is 46.7 Å². The zero-order chi connectivity index (χ0) is 23.3. The third kappa shape index (κ3) is 5.63. The first-order valence-corrected chi connectivity index (χ1v) is 10.9. The van der Waals surface area contributed by atoms with E-state index in [1.54, 1.807) is 44.7 Å². The van der Waals surface area contributed by atoms with Crippen molar-refractivity contribution in [2.75, 3.05) is 13.2 Å². The number of Topliss-reactive ketones (excluding diaryl/α,β-unsaturated/α-hetero) is 1. The summed E-state index contributed by atoms with van der Waals surface area (Å²) in [5.74, 6) is -0.451. The summed E-state index contributed by atoms with van der Waals surface area (Å²) in [6.45, 7) is 13.9. The Bertz CT molecular complexity index is 941. The number of benzene rings is 1. The first kappa shape index (κ1) is 24.4. The van der Waals surface area contributed by atoms with Crippen LogP contribution in [0.15, 0.2) is 24.3 Å². The van der Waals surface area contributed by atoms with Gasteiger partial charge in [-0.3, -0.25) is 9.59 Å². The highest BCUT2D eigenvalue weighted by Crippen LogP contribution is 2.23. The number of amides is 1. The van der Waals surface area contributed by atoms with E-state index in [1.165, 1.54) is 0 Å². The number of aromatic amines is 1. The van der Waals surface area contributed by atoms with E-state index in [-0.39, 0.29) is 24.0 Å². The summed E-state index contributed by atoms with van der Waals surface area (Å²) in [4.78, 5) is 43.7. The molecule has 31 heavy (non-hydrogen) atoms. The molecule has 2 aromatic rings. The lowest BCUT2D eigenvalue weighted by Crippen LogP contribution is -2.44. The van der Waals surface area contributed by atoms with Crippen LogP contribution in [0.25, 0.3) is 0 Å². The molecule has 0 aliphatic carbocycles. The van der Waals surface area contributed by atoms with Gasteiger partial charge in [0, 0.05) is 23.4 Å². The fraction of sp³-hybridized carbons (Fsp3) is 0.480. The molecule has 1 aromatic heterocycles. The van der Waals surface area contributed by atoms with Gasteiger partial charge in [-0.15, -0.1) is 0 Å². The summed E-state index contributed by atoms with van der Waals surface area (Å²) in [6.07, 6.45) is 0.786. The van der Waals surface area contributed by atoms with Crippen LogP contribution in [0, 0.1) is 26.7 Å². The van der Waals surface area contributed by atoms with Crippen molar-refractivity contribution < 1.29 is 19.1 Å². The molecule has 0 saturated carbocycles. The number of ether oxygens (including phenoxy) is 1. The molecule has 1 aromatic carbocycles. The summed E-state index contributed by atoms with van der Waals surface area (Å²) in [5.41, 5.74) is 3.52. The number of nitrogens with zero attached hydrogens (tertiary/aromatic N) is 1. The predicted molar refractivity (Wildman–Crippen MR) is 122 cm³/mol. The van der Waals surface area contributed by atoms with Gasteiger partial charge in [0.2, 0.25) is 0 Å². The highest BCUT2D eigenvalue weighted by Gasteiger charge is 2.31. The molecule has 1 atom stereocenters. The van der Waals surface area contributed by atoms with Crippen molar-refractivity contribution >= 4 is 17.7 Å². The molecule has 168 valence electrons. The van der Waals surface area contributed by atoms with E-state index in [1.807, 2.05) is 19.1 Å². The van der Waals surface area contributed by atoms with E-state index in [9.17, 15) is 14.4 Å². The topological polar surface area (TPSA) is 79.5 Å². The summed E-state index contributed by atoms with van der Waals surface area (Å²) in [7, 11) is 0. The molecule has 0 fully saturated rings. The third-order valence-corrected chi connectivity index (χ3v) is 5.52. The van der Waals surface area contributed by atoms with Gasteiger partial charge in [-0.05, 0) is 64.7 Å². The number of carbonyl (C=O) groups excluding carboxylic acids is 3. The monoisotopic (exact) mass is 426 g/mol. The number of rotatable bonds is 9. The maximum atomic E-state index is 13.5. The standard InChI is InChI=1S/C25H34N2O4/c1-8-31-25(30)22-17(5)21(18(6)26-22)23(28)19(7)27(14-13-15(2)3)24(29)20-11-9-16(4)10-12-20/h9-12,15,19,26H,8,13-14H2,1-7H3/t19-/m0/s1. The van der Waals surface area contributed by atoms with Crippen molar-refractivity contribution in [3.8, 4) is 0 Å². The average molecular weight is 427 g/mol. The summed E-state index contributed by atoms with van der Waals surface area (Å²) < 4.78 is 5.09. The number of aryl methyl sites for hydroxylation is 2. The Labute approximate surface area is 185 Å². The minimum absolute atomic E-state index is 0.169. The lowest BCUT2D eigenvalue weighted by molar-refractivity contribution is 0.0518. The Balaban J connectivity index is 2.38. The lowest BCUT2D eigenvalue weighted by Gasteiger charge is -2.29. The van der Waals surface area contributed by atoms with Crippen LogP contribution in [0.3, 0.4) is 0 Å². The van der Waals surface area contributed by atoms with E-state index in [0.717, 1.165) is 12.0 Å². The smallest absolute Gasteiger partial charge is 0.355 e. The number of nitrogens with one attached hydrogen (secondary N) is 1. The zero-order valence-corrected chi connectivity index (χ0v) is 19.7. The molecular formula is C25H34N2O4. The molecule has 0 spiro atoms. The number of hydrogen-bond donors (Lipinski definition) is 1. The molecule has 0 aliphatic rings. The molecule has 6 heteroatoms. The van der Waals surface area contributed by atoms with Crippen molar-refractivity contribution in [3.63, 3.8) is 0 Å². The summed E-state index contributed by atoms with van der Waals surface area (Å²) in [6, 6.07) is 6.71. The highest BCUT2D eigenvalue weighted by molar-refractivity contribution is 6.07. The Morgan fingerprint density at radius 1 is 1.03 bits per heavy atom. The van der Waals surface area contributed by atoms with Crippen LogP contribution in [0.5, 0.6) is 0 Å². The molecule has 0 aliphatic heterocycles. The number of hydrogen-bond acceptors (Lipinski definition) is 4. The Morgan fingerprint density at radius 3 is 2.19 bits per heavy atom. The second-order valence-corrected chi connectivity index (χ2v) is 8.43. The molecule has 1 heterocycles. The predicted octanol–water partition coefficient (Wildman–Crippen LogP) is 4.88. The summed E-state index contributed by atoms with van der Waals surface area (Å²) >= 11 is 0. The van der Waals surface area contributed by atoms with Gasteiger partial charge in [-0.25, -0.2) is 4.79 Å². The fourth-order valence-corrected chi connectivity index (χ4v) is 3.61. The zero-order valence-electron chi connectivity index (χ0n) is 19.7. The van der Waals surface area contributed by atoms with E-state index in [2.05, 4.69) is 18.8 Å². The van der Waals surface area contributed by atoms with E-state index < -0.39 is 12.0 Å². The van der Waals surface area contributed by atoms with Crippen LogP contribution in [-0.2, 0) is 4.74 Å². The Morgan fingerprint density at radius 2 is 1.65 bits per heavy atom. The van der Waals surface area contributed by atoms with Gasteiger partial charge in [-0.1, -0.05) is 31.5 Å². The second-order valence-electron chi connectivity index (χ2n) is 8.43. The molecule has 2 rings (SSSR count). The van der Waals surface area contributed by atoms with Crippen molar-refractivity contribution in [1.82, 2.24) is 9.88 Å². The van der Waals surface area contributed by atoms with Crippen LogP contribution >= 0.6 is 0 Å². The minimum atomic E-state index is -0.671. The van der Waals surface area contributed by atoms with Gasteiger partial charge in [-0.2, -0.15) is 0 Å². The van der Waals surface area contributed by atoms with Crippen molar-refractivity contribution in [1.29, 1.82) is 0 Å². The molecule has 0 bridgehead atoms. The van der Waals surface area contributed by atoms with Crippen molar-refractivity contribution in [2.45, 2.75) is 60.9 Å². The number of aromatic nitrogens is 1. The molecule has 0 unspecified atom stereocenters. The molecule has 1 amide bonds. The fourth-order valence-electron chi connectivity index (χ4n) is 3.61. The lowest BCUT2D eigenvalue weighted by atomic mass is 9.98. The third-order valence-electron chi connectivity index (χ3n) is 5.52.